The molecule has 3 aromatic rings. The van der Waals surface area contributed by atoms with E-state index in [-0.39, 0.29) is 18.4 Å². The maximum atomic E-state index is 12.3. The lowest BCUT2D eigenvalue weighted by molar-refractivity contribution is -0.119. The third kappa shape index (κ3) is 5.55. The number of nitrogens with zero attached hydrogens (tertiary/aromatic N) is 1. The smallest absolute Gasteiger partial charge is 0.252 e. The Balaban J connectivity index is 1.27. The summed E-state index contributed by atoms with van der Waals surface area (Å²) in [5, 5.41) is 2.80. The fourth-order valence-electron chi connectivity index (χ4n) is 3.48. The molecule has 5 heteroatoms. The standard InChI is InChI=1S/C27H24N2O3/c30-26-10-4-5-20-29(26)23-15-11-21(12-16-23)7-6-19-28-27(31)22-13-17-25(18-14-22)32-24-8-2-1-3-9-24/h1-3,8-9,11-18H,4-5,10,19-20H2,(H,28,31). The van der Waals surface area contributed by atoms with Crippen LogP contribution in [0.4, 0.5) is 5.69 Å². The molecule has 4 rings (SSSR count). The summed E-state index contributed by atoms with van der Waals surface area (Å²) in [6.45, 7) is 1.02. The highest BCUT2D eigenvalue weighted by Gasteiger charge is 2.19. The summed E-state index contributed by atoms with van der Waals surface area (Å²) in [6, 6.07) is 24.1. The number of amides is 2. The number of piperidine rings is 1. The Bertz CT molecular complexity index is 1130. The molecule has 0 aliphatic carbocycles. The molecular formula is C27H24N2O3. The van der Waals surface area contributed by atoms with Gasteiger partial charge in [0.2, 0.25) is 5.91 Å². The molecule has 0 unspecified atom stereocenters. The predicted octanol–water partition coefficient (Wildman–Crippen LogP) is 4.78. The first-order chi connectivity index (χ1) is 15.7. The van der Waals surface area contributed by atoms with Crippen LogP contribution in [0.2, 0.25) is 0 Å². The van der Waals surface area contributed by atoms with Gasteiger partial charge in [0, 0.05) is 29.8 Å². The van der Waals surface area contributed by atoms with Crippen LogP contribution >= 0.6 is 0 Å². The van der Waals surface area contributed by atoms with Crippen molar-refractivity contribution in [1.82, 2.24) is 5.32 Å². The molecule has 2 amide bonds. The number of carbonyl (C=O) groups excluding carboxylic acids is 2. The maximum absolute atomic E-state index is 12.3. The SMILES string of the molecule is O=C(NCC#Cc1ccc(N2CCCCC2=O)cc1)c1ccc(Oc2ccccc2)cc1. The molecule has 5 nitrogen and oxygen atoms in total. The lowest BCUT2D eigenvalue weighted by Crippen LogP contribution is -2.35. The van der Waals surface area contributed by atoms with Gasteiger partial charge in [-0.15, -0.1) is 0 Å². The van der Waals surface area contributed by atoms with Crippen molar-refractivity contribution >= 4 is 17.5 Å². The minimum atomic E-state index is -0.190. The zero-order valence-corrected chi connectivity index (χ0v) is 17.7. The molecule has 0 bridgehead atoms. The maximum Gasteiger partial charge on any atom is 0.252 e. The fourth-order valence-corrected chi connectivity index (χ4v) is 3.48. The molecule has 32 heavy (non-hydrogen) atoms. The molecule has 1 fully saturated rings. The predicted molar refractivity (Wildman–Crippen MR) is 125 cm³/mol. The zero-order chi connectivity index (χ0) is 22.2. The largest absolute Gasteiger partial charge is 0.457 e. The van der Waals surface area contributed by atoms with E-state index in [1.807, 2.05) is 59.5 Å². The third-order valence-corrected chi connectivity index (χ3v) is 5.17. The molecule has 1 saturated heterocycles. The molecule has 0 radical (unpaired) electrons. The average molecular weight is 425 g/mol. The van der Waals surface area contributed by atoms with E-state index in [4.69, 9.17) is 4.74 Å². The number of anilines is 1. The van der Waals surface area contributed by atoms with Gasteiger partial charge < -0.3 is 15.0 Å². The van der Waals surface area contributed by atoms with E-state index in [0.29, 0.717) is 17.7 Å². The van der Waals surface area contributed by atoms with Crippen molar-refractivity contribution in [2.75, 3.05) is 18.0 Å². The summed E-state index contributed by atoms with van der Waals surface area (Å²) in [6.07, 6.45) is 2.62. The van der Waals surface area contributed by atoms with Gasteiger partial charge >= 0.3 is 0 Å². The zero-order valence-electron chi connectivity index (χ0n) is 17.7. The Morgan fingerprint density at radius 3 is 2.34 bits per heavy atom. The molecule has 1 aliphatic heterocycles. The Labute approximate surface area is 188 Å². The Hall–Kier alpha value is -4.04. The van der Waals surface area contributed by atoms with Crippen molar-refractivity contribution in [2.24, 2.45) is 0 Å². The van der Waals surface area contributed by atoms with Gasteiger partial charge in [-0.05, 0) is 73.5 Å². The molecular weight excluding hydrogens is 400 g/mol. The summed E-state index contributed by atoms with van der Waals surface area (Å²) in [7, 11) is 0. The Kier molecular flexibility index (Phi) is 6.84. The van der Waals surface area contributed by atoms with E-state index < -0.39 is 0 Å². The fraction of sp³-hybridized carbons (Fsp3) is 0.185. The summed E-state index contributed by atoms with van der Waals surface area (Å²) in [5.74, 6) is 7.41. The lowest BCUT2D eigenvalue weighted by atomic mass is 10.1. The van der Waals surface area contributed by atoms with Crippen LogP contribution in [-0.2, 0) is 4.79 Å². The second-order valence-electron chi connectivity index (χ2n) is 7.47. The quantitative estimate of drug-likeness (QED) is 0.600. The van der Waals surface area contributed by atoms with Gasteiger partial charge in [0.05, 0.1) is 6.54 Å². The minimum Gasteiger partial charge on any atom is -0.457 e. The van der Waals surface area contributed by atoms with Crippen LogP contribution in [0.25, 0.3) is 0 Å². The number of carbonyl (C=O) groups is 2. The molecule has 0 aromatic heterocycles. The number of nitrogens with one attached hydrogen (secondary N) is 1. The number of hydrogen-bond acceptors (Lipinski definition) is 3. The molecule has 1 heterocycles. The van der Waals surface area contributed by atoms with Crippen LogP contribution in [0.15, 0.2) is 78.9 Å². The Morgan fingerprint density at radius 1 is 0.906 bits per heavy atom. The first kappa shape index (κ1) is 21.2. The van der Waals surface area contributed by atoms with Gasteiger partial charge in [-0.3, -0.25) is 9.59 Å². The van der Waals surface area contributed by atoms with Gasteiger partial charge in [-0.25, -0.2) is 0 Å². The molecule has 0 saturated carbocycles. The highest BCUT2D eigenvalue weighted by molar-refractivity contribution is 5.94. The number of benzene rings is 3. The van der Waals surface area contributed by atoms with E-state index >= 15 is 0 Å². The normalized spacial score (nSPS) is 13.1. The van der Waals surface area contributed by atoms with Crippen molar-refractivity contribution in [2.45, 2.75) is 19.3 Å². The Morgan fingerprint density at radius 2 is 1.62 bits per heavy atom. The van der Waals surface area contributed by atoms with E-state index in [1.54, 1.807) is 24.3 Å². The van der Waals surface area contributed by atoms with E-state index in [0.717, 1.165) is 36.4 Å². The monoisotopic (exact) mass is 424 g/mol. The van der Waals surface area contributed by atoms with Crippen LogP contribution in [0.3, 0.4) is 0 Å². The van der Waals surface area contributed by atoms with E-state index in [2.05, 4.69) is 17.2 Å². The lowest BCUT2D eigenvalue weighted by Gasteiger charge is -2.26. The van der Waals surface area contributed by atoms with Crippen LogP contribution in [0.1, 0.15) is 35.2 Å². The molecule has 1 N–H and O–H groups in total. The second-order valence-corrected chi connectivity index (χ2v) is 7.47. The minimum absolute atomic E-state index is 0.178. The van der Waals surface area contributed by atoms with Crippen molar-refractivity contribution in [3.63, 3.8) is 0 Å². The number of ether oxygens (including phenoxy) is 1. The highest BCUT2D eigenvalue weighted by Crippen LogP contribution is 2.22. The summed E-state index contributed by atoms with van der Waals surface area (Å²) >= 11 is 0. The second kappa shape index (κ2) is 10.3. The first-order valence-corrected chi connectivity index (χ1v) is 10.7. The van der Waals surface area contributed by atoms with Crippen molar-refractivity contribution in [3.05, 3.63) is 90.0 Å². The number of para-hydroxylation sites is 1. The van der Waals surface area contributed by atoms with E-state index in [1.165, 1.54) is 0 Å². The van der Waals surface area contributed by atoms with Gasteiger partial charge in [-0.2, -0.15) is 0 Å². The number of rotatable bonds is 5. The van der Waals surface area contributed by atoms with Crippen LogP contribution in [-0.4, -0.2) is 24.9 Å². The van der Waals surface area contributed by atoms with Gasteiger partial charge in [0.1, 0.15) is 11.5 Å². The topological polar surface area (TPSA) is 58.6 Å². The van der Waals surface area contributed by atoms with Crippen molar-refractivity contribution < 1.29 is 14.3 Å². The van der Waals surface area contributed by atoms with Gasteiger partial charge in [0.15, 0.2) is 0 Å². The van der Waals surface area contributed by atoms with Crippen molar-refractivity contribution in [3.8, 4) is 23.3 Å². The van der Waals surface area contributed by atoms with Crippen LogP contribution in [0, 0.1) is 11.8 Å². The molecule has 0 atom stereocenters. The third-order valence-electron chi connectivity index (χ3n) is 5.17. The van der Waals surface area contributed by atoms with Gasteiger partial charge in [-0.1, -0.05) is 30.0 Å². The average Bonchev–Trinajstić information content (AvgIpc) is 2.84. The van der Waals surface area contributed by atoms with Crippen LogP contribution in [0.5, 0.6) is 11.5 Å². The van der Waals surface area contributed by atoms with Crippen LogP contribution < -0.4 is 15.0 Å². The first-order valence-electron chi connectivity index (χ1n) is 10.7. The molecule has 3 aromatic carbocycles. The summed E-state index contributed by atoms with van der Waals surface area (Å²) in [5.41, 5.74) is 2.30. The molecule has 1 aliphatic rings. The summed E-state index contributed by atoms with van der Waals surface area (Å²) in [4.78, 5) is 26.2. The highest BCUT2D eigenvalue weighted by atomic mass is 16.5. The summed E-state index contributed by atoms with van der Waals surface area (Å²) < 4.78 is 5.74. The molecule has 160 valence electrons. The molecule has 0 spiro atoms. The number of hydrogen-bond donors (Lipinski definition) is 1. The van der Waals surface area contributed by atoms with Gasteiger partial charge in [0.25, 0.3) is 5.91 Å². The van der Waals surface area contributed by atoms with Crippen molar-refractivity contribution in [1.29, 1.82) is 0 Å². The van der Waals surface area contributed by atoms with E-state index in [9.17, 15) is 9.59 Å².